The molecule has 2 amide bonds. The minimum Gasteiger partial charge on any atom is -0.497 e. The van der Waals surface area contributed by atoms with Gasteiger partial charge < -0.3 is 14.5 Å². The van der Waals surface area contributed by atoms with E-state index in [1.165, 1.54) is 0 Å². The van der Waals surface area contributed by atoms with E-state index in [9.17, 15) is 9.59 Å². The van der Waals surface area contributed by atoms with Gasteiger partial charge in [-0.25, -0.2) is 5.43 Å². The Kier molecular flexibility index (Phi) is 6.28. The first-order chi connectivity index (χ1) is 15.5. The van der Waals surface area contributed by atoms with Gasteiger partial charge in [0, 0.05) is 39.9 Å². The second kappa shape index (κ2) is 9.28. The van der Waals surface area contributed by atoms with Crippen LogP contribution in [0, 0.1) is 6.92 Å². The molecule has 4 rings (SSSR count). The third kappa shape index (κ3) is 4.53. The molecule has 1 aromatic heterocycles. The highest BCUT2D eigenvalue weighted by Gasteiger charge is 2.28. The van der Waals surface area contributed by atoms with Crippen LogP contribution in [0.2, 0.25) is 5.02 Å². The molecule has 8 heteroatoms. The van der Waals surface area contributed by atoms with Crippen molar-refractivity contribution < 1.29 is 18.7 Å². The lowest BCUT2D eigenvalue weighted by Crippen LogP contribution is -2.22. The quantitative estimate of drug-likeness (QED) is 0.535. The molecular weight excluding hydrogens is 430 g/mol. The van der Waals surface area contributed by atoms with Crippen LogP contribution in [0.4, 0.5) is 5.69 Å². The Morgan fingerprint density at radius 3 is 2.69 bits per heavy atom. The number of carbonyl (C=O) groups is 2. The summed E-state index contributed by atoms with van der Waals surface area (Å²) in [7, 11) is 1.57. The van der Waals surface area contributed by atoms with Crippen LogP contribution in [0.5, 0.6) is 5.75 Å². The zero-order valence-electron chi connectivity index (χ0n) is 17.7. The summed E-state index contributed by atoms with van der Waals surface area (Å²) in [5.74, 6) is 0.855. The minimum absolute atomic E-state index is 0.230. The minimum atomic E-state index is -0.357. The Morgan fingerprint density at radius 1 is 1.09 bits per heavy atom. The number of hydrazone groups is 1. The van der Waals surface area contributed by atoms with Crippen molar-refractivity contribution in [2.24, 2.45) is 5.10 Å². The molecule has 0 fully saturated rings. The lowest BCUT2D eigenvalue weighted by atomic mass is 9.93. The van der Waals surface area contributed by atoms with Crippen LogP contribution in [0.25, 0.3) is 0 Å². The molecule has 3 aromatic rings. The van der Waals surface area contributed by atoms with Crippen LogP contribution in [-0.2, 0) is 6.42 Å². The zero-order valence-corrected chi connectivity index (χ0v) is 18.5. The summed E-state index contributed by atoms with van der Waals surface area (Å²) in [6.45, 7) is 1.82. The summed E-state index contributed by atoms with van der Waals surface area (Å²) in [5.41, 5.74) is 5.76. The molecule has 0 atom stereocenters. The lowest BCUT2D eigenvalue weighted by Gasteiger charge is -2.13. The summed E-state index contributed by atoms with van der Waals surface area (Å²) in [5, 5.41) is 7.65. The van der Waals surface area contributed by atoms with E-state index >= 15 is 0 Å². The first-order valence-electron chi connectivity index (χ1n) is 10.2. The molecule has 164 valence electrons. The fraction of sp³-hybridized carbons (Fsp3) is 0.208. The van der Waals surface area contributed by atoms with Gasteiger partial charge in [-0.2, -0.15) is 5.10 Å². The number of aryl methyl sites for hydroxylation is 1. The van der Waals surface area contributed by atoms with Crippen molar-refractivity contribution in [3.63, 3.8) is 0 Å². The van der Waals surface area contributed by atoms with Gasteiger partial charge >= 0.3 is 0 Å². The summed E-state index contributed by atoms with van der Waals surface area (Å²) in [4.78, 5) is 25.3. The molecule has 1 heterocycles. The second-order valence-electron chi connectivity index (χ2n) is 7.40. The van der Waals surface area contributed by atoms with Gasteiger partial charge in [-0.05, 0) is 50.1 Å². The molecule has 2 aromatic carbocycles. The highest BCUT2D eigenvalue weighted by atomic mass is 35.5. The molecule has 0 unspecified atom stereocenters. The monoisotopic (exact) mass is 451 g/mol. The third-order valence-corrected chi connectivity index (χ3v) is 5.47. The lowest BCUT2D eigenvalue weighted by molar-refractivity contribution is 0.0953. The van der Waals surface area contributed by atoms with Gasteiger partial charge in [-0.3, -0.25) is 9.59 Å². The van der Waals surface area contributed by atoms with Crippen molar-refractivity contribution in [3.8, 4) is 5.75 Å². The van der Waals surface area contributed by atoms with E-state index in [1.54, 1.807) is 55.6 Å². The molecule has 32 heavy (non-hydrogen) atoms. The number of benzene rings is 2. The van der Waals surface area contributed by atoms with Crippen molar-refractivity contribution in [1.82, 2.24) is 5.43 Å². The van der Waals surface area contributed by atoms with Crippen LogP contribution in [0.1, 0.15) is 50.6 Å². The number of rotatable bonds is 5. The number of amides is 2. The van der Waals surface area contributed by atoms with Crippen LogP contribution in [0.15, 0.2) is 58.0 Å². The summed E-state index contributed by atoms with van der Waals surface area (Å²) >= 11 is 5.96. The average molecular weight is 452 g/mol. The van der Waals surface area contributed by atoms with Crippen LogP contribution in [0.3, 0.4) is 0 Å². The smallest absolute Gasteiger partial charge is 0.291 e. The molecule has 1 aliphatic rings. The van der Waals surface area contributed by atoms with Crippen molar-refractivity contribution in [1.29, 1.82) is 0 Å². The number of hydrogen-bond donors (Lipinski definition) is 2. The van der Waals surface area contributed by atoms with Gasteiger partial charge in [-0.1, -0.05) is 23.7 Å². The number of carbonyl (C=O) groups excluding carboxylic acids is 2. The molecule has 0 spiro atoms. The van der Waals surface area contributed by atoms with E-state index in [2.05, 4.69) is 15.8 Å². The molecule has 0 saturated heterocycles. The highest BCUT2D eigenvalue weighted by Crippen LogP contribution is 2.30. The standard InChI is InChI=1S/C24H22ClN3O4/c1-14-21-19(27-28-23(29)15-6-3-7-16(25)12-15)10-5-11-20(21)32-22(14)24(30)26-17-8-4-9-18(13-17)31-2/h3-4,6-9,12-13H,5,10-11H2,1-2H3,(H,26,30)(H,28,29)/b27-19+. The van der Waals surface area contributed by atoms with E-state index in [1.807, 2.05) is 6.92 Å². The highest BCUT2D eigenvalue weighted by molar-refractivity contribution is 6.31. The average Bonchev–Trinajstić information content (AvgIpc) is 3.15. The largest absolute Gasteiger partial charge is 0.497 e. The molecule has 7 nitrogen and oxygen atoms in total. The number of nitrogens with zero attached hydrogens (tertiary/aromatic N) is 1. The van der Waals surface area contributed by atoms with Gasteiger partial charge in [-0.15, -0.1) is 0 Å². The topological polar surface area (TPSA) is 92.9 Å². The number of ether oxygens (including phenoxy) is 1. The van der Waals surface area contributed by atoms with E-state index in [4.69, 9.17) is 20.8 Å². The van der Waals surface area contributed by atoms with Crippen LogP contribution < -0.4 is 15.5 Å². The van der Waals surface area contributed by atoms with Gasteiger partial charge in [0.25, 0.3) is 11.8 Å². The Balaban J connectivity index is 1.56. The molecule has 2 N–H and O–H groups in total. The second-order valence-corrected chi connectivity index (χ2v) is 7.84. The maximum absolute atomic E-state index is 12.9. The normalized spacial score (nSPS) is 14.0. The molecule has 0 bridgehead atoms. The number of hydrogen-bond acceptors (Lipinski definition) is 5. The number of halogens is 1. The summed E-state index contributed by atoms with van der Waals surface area (Å²) in [6.07, 6.45) is 2.17. The molecule has 0 radical (unpaired) electrons. The number of methoxy groups -OCH3 is 1. The van der Waals surface area contributed by atoms with Crippen molar-refractivity contribution in [2.75, 3.05) is 12.4 Å². The zero-order chi connectivity index (χ0) is 22.7. The fourth-order valence-electron chi connectivity index (χ4n) is 3.70. The third-order valence-electron chi connectivity index (χ3n) is 5.24. The summed E-state index contributed by atoms with van der Waals surface area (Å²) in [6, 6.07) is 13.7. The SMILES string of the molecule is COc1cccc(NC(=O)c2oc3c(c2C)/C(=N/NC(=O)c2cccc(Cl)c2)CCC3)c1. The predicted molar refractivity (Wildman–Crippen MR) is 123 cm³/mol. The van der Waals surface area contributed by atoms with Crippen LogP contribution in [-0.4, -0.2) is 24.6 Å². The number of furan rings is 1. The molecule has 0 aliphatic heterocycles. The van der Waals surface area contributed by atoms with Gasteiger partial charge in [0.2, 0.25) is 0 Å². The number of nitrogens with one attached hydrogen (secondary N) is 2. The summed E-state index contributed by atoms with van der Waals surface area (Å²) < 4.78 is 11.1. The van der Waals surface area contributed by atoms with E-state index in [0.717, 1.165) is 12.0 Å². The maximum Gasteiger partial charge on any atom is 0.291 e. The fourth-order valence-corrected chi connectivity index (χ4v) is 3.89. The Hall–Kier alpha value is -3.58. The van der Waals surface area contributed by atoms with Crippen molar-refractivity contribution in [2.45, 2.75) is 26.2 Å². The number of fused-ring (bicyclic) bond motifs is 1. The van der Waals surface area contributed by atoms with Gasteiger partial charge in [0.1, 0.15) is 11.5 Å². The maximum atomic E-state index is 12.9. The van der Waals surface area contributed by atoms with Gasteiger partial charge in [0.05, 0.1) is 12.8 Å². The van der Waals surface area contributed by atoms with Crippen molar-refractivity contribution >= 4 is 34.8 Å². The van der Waals surface area contributed by atoms with Gasteiger partial charge in [0.15, 0.2) is 5.76 Å². The molecule has 1 aliphatic carbocycles. The first-order valence-corrected chi connectivity index (χ1v) is 10.5. The molecular formula is C24H22ClN3O4. The van der Waals surface area contributed by atoms with Crippen molar-refractivity contribution in [3.05, 3.63) is 81.8 Å². The van der Waals surface area contributed by atoms with E-state index < -0.39 is 0 Å². The van der Waals surface area contributed by atoms with E-state index in [-0.39, 0.29) is 17.6 Å². The Labute approximate surface area is 190 Å². The van der Waals surface area contributed by atoms with E-state index in [0.29, 0.717) is 51.9 Å². The first kappa shape index (κ1) is 21.6. The Morgan fingerprint density at radius 2 is 1.91 bits per heavy atom. The van der Waals surface area contributed by atoms with Crippen LogP contribution >= 0.6 is 11.6 Å². The number of anilines is 1. The predicted octanol–water partition coefficient (Wildman–Crippen LogP) is 4.97. The Bertz CT molecular complexity index is 1220. The molecule has 0 saturated carbocycles.